The lowest BCUT2D eigenvalue weighted by atomic mass is 9.92. The van der Waals surface area contributed by atoms with Crippen LogP contribution in [0.3, 0.4) is 0 Å². The van der Waals surface area contributed by atoms with Crippen molar-refractivity contribution in [3.63, 3.8) is 0 Å². The summed E-state index contributed by atoms with van der Waals surface area (Å²) in [4.78, 5) is 57.1. The number of anilines is 3. The summed E-state index contributed by atoms with van der Waals surface area (Å²) in [6, 6.07) is 13.0. The molecular formula is C33H50N3O10P. The van der Waals surface area contributed by atoms with Gasteiger partial charge in [-0.3, -0.25) is 9.32 Å². The monoisotopic (exact) mass is 679 g/mol. The Hall–Kier alpha value is -3.64. The smallest absolute Gasteiger partial charge is 0.434 e. The van der Waals surface area contributed by atoms with Crippen LogP contribution in [0.4, 0.5) is 26.7 Å². The number of aryl methyl sites for hydroxylation is 1. The Bertz CT molecular complexity index is 1320. The van der Waals surface area contributed by atoms with Gasteiger partial charge in [-0.1, -0.05) is 58.4 Å². The fraction of sp³-hybridized carbons (Fsp3) is 0.545. The number of carbonyl (C=O) groups excluding carboxylic acids is 3. The third-order valence-electron chi connectivity index (χ3n) is 6.88. The van der Waals surface area contributed by atoms with Crippen LogP contribution in [0.2, 0.25) is 0 Å². The van der Waals surface area contributed by atoms with Gasteiger partial charge in [-0.15, -0.1) is 0 Å². The summed E-state index contributed by atoms with van der Waals surface area (Å²) in [6.07, 6.45) is 0.144. The zero-order valence-electron chi connectivity index (χ0n) is 28.2. The van der Waals surface area contributed by atoms with Crippen LogP contribution in [-0.2, 0) is 28.1 Å². The number of rotatable bonds is 19. The summed E-state index contributed by atoms with van der Waals surface area (Å²) in [5.74, 6) is -0.0368. The second-order valence-corrected chi connectivity index (χ2v) is 13.4. The van der Waals surface area contributed by atoms with Crippen molar-refractivity contribution in [2.24, 2.45) is 11.8 Å². The molecule has 0 spiro atoms. The molecule has 2 aromatic carbocycles. The van der Waals surface area contributed by atoms with E-state index in [1.165, 1.54) is 0 Å². The average Bonchev–Trinajstić information content (AvgIpc) is 2.97. The van der Waals surface area contributed by atoms with Crippen LogP contribution >= 0.6 is 7.82 Å². The van der Waals surface area contributed by atoms with E-state index in [-0.39, 0.29) is 38.0 Å². The number of carbonyl (C=O) groups is 3. The van der Waals surface area contributed by atoms with Crippen molar-refractivity contribution in [1.82, 2.24) is 0 Å². The molecular weight excluding hydrogens is 629 g/mol. The first-order valence-corrected chi connectivity index (χ1v) is 17.4. The van der Waals surface area contributed by atoms with Crippen LogP contribution in [0.5, 0.6) is 0 Å². The van der Waals surface area contributed by atoms with Crippen molar-refractivity contribution in [2.75, 3.05) is 48.6 Å². The van der Waals surface area contributed by atoms with E-state index in [9.17, 15) is 18.9 Å². The lowest BCUT2D eigenvalue weighted by Crippen LogP contribution is -2.32. The number of ether oxygens (including phenoxy) is 3. The normalized spacial score (nSPS) is 12.0. The number of phosphoric acid groups is 1. The van der Waals surface area contributed by atoms with Crippen molar-refractivity contribution < 1.29 is 47.5 Å². The maximum absolute atomic E-state index is 13.1. The van der Waals surface area contributed by atoms with E-state index in [1.807, 2.05) is 56.3 Å². The summed E-state index contributed by atoms with van der Waals surface area (Å²) in [5.41, 5.74) is 4.10. The summed E-state index contributed by atoms with van der Waals surface area (Å²) in [7, 11) is -4.53. The molecule has 2 aromatic rings. The Morgan fingerprint density at radius 3 is 2.11 bits per heavy atom. The Morgan fingerprint density at radius 1 is 0.872 bits per heavy atom. The molecule has 13 nitrogen and oxygen atoms in total. The molecule has 0 aliphatic rings. The van der Waals surface area contributed by atoms with E-state index in [4.69, 9.17) is 24.0 Å². The number of unbranched alkanes of at least 4 members (excludes halogenated alkanes) is 1. The minimum absolute atomic E-state index is 0.0184. The number of urea groups is 1. The molecule has 4 N–H and O–H groups in total. The van der Waals surface area contributed by atoms with Crippen molar-refractivity contribution in [3.8, 4) is 0 Å². The predicted octanol–water partition coefficient (Wildman–Crippen LogP) is 7.18. The fourth-order valence-electron chi connectivity index (χ4n) is 4.74. The lowest BCUT2D eigenvalue weighted by Gasteiger charge is -2.31. The standard InChI is InChI=1S/C33H50N3O10P/c1-7-26(19-31(37)44-22-45-33(39)43-16-8-9-17-46-47(40,41)42)27-12-15-30(36(20-23(2)3)21-24(4)5)29(18-27)35-32(38)34-28-13-10-25(6)11-14-28/h10-15,18,23-24,26H,7-9,16-17,19-22H2,1-6H3,(H2,34,35,38)(H2,40,41,42)/t26-/m0/s1. The average molecular weight is 680 g/mol. The molecule has 0 saturated carbocycles. The minimum atomic E-state index is -4.53. The molecule has 0 saturated heterocycles. The number of hydrogen-bond donors (Lipinski definition) is 4. The van der Waals surface area contributed by atoms with Crippen LogP contribution in [0.1, 0.15) is 77.3 Å². The maximum Gasteiger partial charge on any atom is 0.511 e. The highest BCUT2D eigenvalue weighted by Gasteiger charge is 2.21. The molecule has 2 amide bonds. The Labute approximate surface area is 277 Å². The third kappa shape index (κ3) is 16.2. The van der Waals surface area contributed by atoms with Crippen molar-refractivity contribution >= 4 is 43.0 Å². The van der Waals surface area contributed by atoms with Crippen LogP contribution in [-0.4, -0.2) is 61.0 Å². The lowest BCUT2D eigenvalue weighted by molar-refractivity contribution is -0.153. The second kappa shape index (κ2) is 19.9. The first kappa shape index (κ1) is 39.5. The summed E-state index contributed by atoms with van der Waals surface area (Å²) in [6.45, 7) is 13.2. The molecule has 0 aliphatic carbocycles. The molecule has 0 bridgehead atoms. The van der Waals surface area contributed by atoms with E-state index >= 15 is 0 Å². The predicted molar refractivity (Wildman–Crippen MR) is 180 cm³/mol. The van der Waals surface area contributed by atoms with Gasteiger partial charge in [0.05, 0.1) is 31.0 Å². The van der Waals surface area contributed by atoms with Gasteiger partial charge < -0.3 is 39.5 Å². The van der Waals surface area contributed by atoms with Gasteiger partial charge in [-0.05, 0) is 73.8 Å². The largest absolute Gasteiger partial charge is 0.511 e. The van der Waals surface area contributed by atoms with Crippen LogP contribution in [0, 0.1) is 18.8 Å². The summed E-state index contributed by atoms with van der Waals surface area (Å²) < 4.78 is 29.7. The van der Waals surface area contributed by atoms with E-state index < -0.39 is 26.7 Å². The number of hydrogen-bond acceptors (Lipinski definition) is 9. The highest BCUT2D eigenvalue weighted by atomic mass is 31.2. The number of benzene rings is 2. The van der Waals surface area contributed by atoms with Gasteiger partial charge in [0.2, 0.25) is 6.79 Å². The third-order valence-corrected chi connectivity index (χ3v) is 7.40. The first-order valence-electron chi connectivity index (χ1n) is 15.9. The minimum Gasteiger partial charge on any atom is -0.434 e. The summed E-state index contributed by atoms with van der Waals surface area (Å²) >= 11 is 0. The van der Waals surface area contributed by atoms with E-state index in [0.29, 0.717) is 36.1 Å². The molecule has 0 unspecified atom stereocenters. The van der Waals surface area contributed by atoms with Gasteiger partial charge in [0.1, 0.15) is 0 Å². The molecule has 47 heavy (non-hydrogen) atoms. The number of amides is 2. The van der Waals surface area contributed by atoms with Gasteiger partial charge in [0.15, 0.2) is 0 Å². The Morgan fingerprint density at radius 2 is 1.51 bits per heavy atom. The van der Waals surface area contributed by atoms with Gasteiger partial charge in [0, 0.05) is 18.8 Å². The number of esters is 1. The quantitative estimate of drug-likeness (QED) is 0.0512. The second-order valence-electron chi connectivity index (χ2n) is 12.1. The number of nitrogens with one attached hydrogen (secondary N) is 2. The zero-order valence-corrected chi connectivity index (χ0v) is 29.1. The van der Waals surface area contributed by atoms with Crippen molar-refractivity contribution in [3.05, 3.63) is 53.6 Å². The molecule has 0 radical (unpaired) electrons. The molecule has 262 valence electrons. The number of phosphoric ester groups is 1. The van der Waals surface area contributed by atoms with E-state index in [0.717, 1.165) is 29.9 Å². The van der Waals surface area contributed by atoms with E-state index in [2.05, 4.69) is 47.8 Å². The molecule has 0 fully saturated rings. The topological polar surface area (TPSA) is 173 Å². The highest BCUT2D eigenvalue weighted by molar-refractivity contribution is 7.46. The molecule has 2 rings (SSSR count). The van der Waals surface area contributed by atoms with Crippen molar-refractivity contribution in [1.29, 1.82) is 0 Å². The zero-order chi connectivity index (χ0) is 35.0. The van der Waals surface area contributed by atoms with Gasteiger partial charge >= 0.3 is 26.0 Å². The highest BCUT2D eigenvalue weighted by Crippen LogP contribution is 2.36. The maximum atomic E-state index is 13.1. The molecule has 14 heteroatoms. The molecule has 0 aliphatic heterocycles. The molecule has 0 heterocycles. The summed E-state index contributed by atoms with van der Waals surface area (Å²) in [5, 5.41) is 5.92. The van der Waals surface area contributed by atoms with E-state index in [1.54, 1.807) is 0 Å². The molecule has 0 aromatic heterocycles. The Balaban J connectivity index is 2.06. The van der Waals surface area contributed by atoms with Gasteiger partial charge in [-0.25, -0.2) is 14.2 Å². The SMILES string of the molecule is CC[C@@H](CC(=O)OCOC(=O)OCCCCOP(=O)(O)O)c1ccc(N(CC(C)C)CC(C)C)c(NC(=O)Nc2ccc(C)cc2)c1. The van der Waals surface area contributed by atoms with Crippen LogP contribution in [0.25, 0.3) is 0 Å². The first-order chi connectivity index (χ1) is 22.2. The Kier molecular flexibility index (Phi) is 16.7. The molecule has 1 atom stereocenters. The van der Waals surface area contributed by atoms with Gasteiger partial charge in [0.25, 0.3) is 0 Å². The van der Waals surface area contributed by atoms with Crippen molar-refractivity contribution in [2.45, 2.75) is 73.1 Å². The van der Waals surface area contributed by atoms with Crippen LogP contribution < -0.4 is 15.5 Å². The number of nitrogens with zero attached hydrogens (tertiary/aromatic N) is 1. The van der Waals surface area contributed by atoms with Gasteiger partial charge in [-0.2, -0.15) is 0 Å². The fourth-order valence-corrected chi connectivity index (χ4v) is 5.11. The van der Waals surface area contributed by atoms with Crippen LogP contribution in [0.15, 0.2) is 42.5 Å².